The van der Waals surface area contributed by atoms with Crippen molar-refractivity contribution < 1.29 is 9.53 Å². The number of carbonyl (C=O) groups is 1. The van der Waals surface area contributed by atoms with Gasteiger partial charge in [-0.05, 0) is 32.9 Å². The molecule has 132 valence electrons. The third-order valence-corrected chi connectivity index (χ3v) is 3.78. The van der Waals surface area contributed by atoms with Gasteiger partial charge < -0.3 is 19.9 Å². The Hall–Kier alpha value is -2.31. The molecule has 7 nitrogen and oxygen atoms in total. The molecule has 0 radical (unpaired) electrons. The first-order valence-corrected chi connectivity index (χ1v) is 8.51. The molecule has 1 aliphatic heterocycles. The summed E-state index contributed by atoms with van der Waals surface area (Å²) in [6.07, 6.45) is -0.233. The summed E-state index contributed by atoms with van der Waals surface area (Å²) >= 11 is 0. The van der Waals surface area contributed by atoms with Gasteiger partial charge in [0.15, 0.2) is 5.96 Å². The molecular formula is C17H27N5O2. The number of rotatable bonds is 4. The van der Waals surface area contributed by atoms with E-state index in [0.717, 1.165) is 37.0 Å². The normalized spacial score (nSPS) is 15.4. The number of pyridine rings is 1. The van der Waals surface area contributed by atoms with E-state index in [4.69, 9.17) is 4.74 Å². The molecule has 1 N–H and O–H groups in total. The minimum atomic E-state index is -0.233. The van der Waals surface area contributed by atoms with E-state index in [9.17, 15) is 4.79 Å². The Morgan fingerprint density at radius 3 is 2.58 bits per heavy atom. The molecule has 1 aliphatic rings. The van der Waals surface area contributed by atoms with Crippen molar-refractivity contribution in [1.82, 2.24) is 20.1 Å². The smallest absolute Gasteiger partial charge is 0.409 e. The van der Waals surface area contributed by atoms with Crippen LogP contribution in [-0.4, -0.2) is 66.2 Å². The molecule has 1 aromatic heterocycles. The highest BCUT2D eigenvalue weighted by Gasteiger charge is 2.23. The summed E-state index contributed by atoms with van der Waals surface area (Å²) in [5.41, 5.74) is 1.95. The molecule has 1 fully saturated rings. The minimum Gasteiger partial charge on any atom is -0.450 e. The van der Waals surface area contributed by atoms with Gasteiger partial charge in [-0.25, -0.2) is 9.79 Å². The SMILES string of the molecule is CCNC(=NCc1cccc(C)n1)N1CCN(C(=O)OCC)CC1. The standard InChI is InChI=1S/C17H27N5O2/c1-4-18-16(19-13-15-8-6-7-14(3)20-15)21-9-11-22(12-10-21)17(23)24-5-2/h6-8H,4-5,9-13H2,1-3H3,(H,18,19). The van der Waals surface area contributed by atoms with Gasteiger partial charge in [0.1, 0.15) is 0 Å². The van der Waals surface area contributed by atoms with Crippen molar-refractivity contribution in [3.63, 3.8) is 0 Å². The first-order valence-electron chi connectivity index (χ1n) is 8.51. The third-order valence-electron chi connectivity index (χ3n) is 3.78. The van der Waals surface area contributed by atoms with E-state index in [1.807, 2.05) is 32.0 Å². The Morgan fingerprint density at radius 1 is 1.25 bits per heavy atom. The Balaban J connectivity index is 1.95. The molecular weight excluding hydrogens is 306 g/mol. The number of ether oxygens (including phenoxy) is 1. The van der Waals surface area contributed by atoms with Crippen LogP contribution < -0.4 is 5.32 Å². The minimum absolute atomic E-state index is 0.233. The quantitative estimate of drug-likeness (QED) is 0.670. The van der Waals surface area contributed by atoms with Gasteiger partial charge in [-0.2, -0.15) is 0 Å². The number of aromatic nitrogens is 1. The van der Waals surface area contributed by atoms with E-state index in [1.165, 1.54) is 0 Å². The predicted octanol–water partition coefficient (Wildman–Crippen LogP) is 1.63. The predicted molar refractivity (Wildman–Crippen MR) is 94.0 cm³/mol. The van der Waals surface area contributed by atoms with Gasteiger partial charge in [0.25, 0.3) is 0 Å². The summed E-state index contributed by atoms with van der Waals surface area (Å²) in [5, 5.41) is 3.32. The lowest BCUT2D eigenvalue weighted by Gasteiger charge is -2.35. The molecule has 0 aliphatic carbocycles. The second kappa shape index (κ2) is 9.10. The number of guanidine groups is 1. The number of hydrogen-bond acceptors (Lipinski definition) is 4. The summed E-state index contributed by atoms with van der Waals surface area (Å²) in [4.78, 5) is 24.9. The van der Waals surface area contributed by atoms with Crippen LogP contribution in [0.5, 0.6) is 0 Å². The number of carbonyl (C=O) groups excluding carboxylic acids is 1. The van der Waals surface area contributed by atoms with Gasteiger partial charge >= 0.3 is 6.09 Å². The van der Waals surface area contributed by atoms with E-state index >= 15 is 0 Å². The Kier molecular flexibility index (Phi) is 6.84. The molecule has 1 saturated heterocycles. The molecule has 1 amide bonds. The van der Waals surface area contributed by atoms with Crippen LogP contribution >= 0.6 is 0 Å². The fourth-order valence-electron chi connectivity index (χ4n) is 2.58. The summed E-state index contributed by atoms with van der Waals surface area (Å²) in [6.45, 7) is 10.4. The van der Waals surface area contributed by atoms with Crippen LogP contribution in [0.15, 0.2) is 23.2 Å². The number of amides is 1. The number of hydrogen-bond donors (Lipinski definition) is 1. The van der Waals surface area contributed by atoms with Crippen molar-refractivity contribution in [3.8, 4) is 0 Å². The van der Waals surface area contributed by atoms with Gasteiger partial charge in [-0.15, -0.1) is 0 Å². The first kappa shape index (κ1) is 18.0. The topological polar surface area (TPSA) is 70.1 Å². The molecule has 7 heteroatoms. The largest absolute Gasteiger partial charge is 0.450 e. The zero-order chi connectivity index (χ0) is 17.4. The Bertz CT molecular complexity index is 568. The molecule has 0 aromatic carbocycles. The summed E-state index contributed by atoms with van der Waals surface area (Å²) in [5.74, 6) is 0.865. The third kappa shape index (κ3) is 5.11. The average Bonchev–Trinajstić information content (AvgIpc) is 2.59. The first-order chi connectivity index (χ1) is 11.6. The Labute approximate surface area is 143 Å². The van der Waals surface area contributed by atoms with E-state index in [1.54, 1.807) is 4.90 Å². The lowest BCUT2D eigenvalue weighted by atomic mass is 10.3. The van der Waals surface area contributed by atoms with Crippen LogP contribution in [0.25, 0.3) is 0 Å². The number of piperazine rings is 1. The number of nitrogens with one attached hydrogen (secondary N) is 1. The molecule has 0 bridgehead atoms. The number of aryl methyl sites for hydroxylation is 1. The fourth-order valence-corrected chi connectivity index (χ4v) is 2.58. The highest BCUT2D eigenvalue weighted by atomic mass is 16.6. The second-order valence-electron chi connectivity index (χ2n) is 5.61. The van der Waals surface area contributed by atoms with E-state index in [0.29, 0.717) is 26.2 Å². The maximum atomic E-state index is 11.8. The van der Waals surface area contributed by atoms with Gasteiger partial charge in [-0.1, -0.05) is 6.07 Å². The fraction of sp³-hybridized carbons (Fsp3) is 0.588. The lowest BCUT2D eigenvalue weighted by Crippen LogP contribution is -2.53. The maximum Gasteiger partial charge on any atom is 0.409 e. The maximum absolute atomic E-state index is 11.8. The van der Waals surface area contributed by atoms with E-state index in [2.05, 4.69) is 27.1 Å². The number of nitrogens with zero attached hydrogens (tertiary/aromatic N) is 4. The van der Waals surface area contributed by atoms with Crippen LogP contribution in [-0.2, 0) is 11.3 Å². The molecule has 2 rings (SSSR count). The Morgan fingerprint density at radius 2 is 1.96 bits per heavy atom. The van der Waals surface area contributed by atoms with Gasteiger partial charge in [0.2, 0.25) is 0 Å². The molecule has 0 atom stereocenters. The zero-order valence-electron chi connectivity index (χ0n) is 14.8. The van der Waals surface area contributed by atoms with Crippen LogP contribution in [0.4, 0.5) is 4.79 Å². The van der Waals surface area contributed by atoms with Gasteiger partial charge in [0.05, 0.1) is 18.8 Å². The zero-order valence-corrected chi connectivity index (χ0v) is 14.8. The monoisotopic (exact) mass is 333 g/mol. The van der Waals surface area contributed by atoms with Crippen molar-refractivity contribution in [2.45, 2.75) is 27.3 Å². The molecule has 0 unspecified atom stereocenters. The summed E-state index contributed by atoms with van der Waals surface area (Å²) < 4.78 is 5.06. The second-order valence-corrected chi connectivity index (χ2v) is 5.61. The highest BCUT2D eigenvalue weighted by molar-refractivity contribution is 5.80. The van der Waals surface area contributed by atoms with Gasteiger partial charge in [0, 0.05) is 38.4 Å². The summed E-state index contributed by atoms with van der Waals surface area (Å²) in [6, 6.07) is 5.96. The molecule has 0 spiro atoms. The molecule has 2 heterocycles. The van der Waals surface area contributed by atoms with Crippen LogP contribution in [0, 0.1) is 6.92 Å². The van der Waals surface area contributed by atoms with E-state index < -0.39 is 0 Å². The van der Waals surface area contributed by atoms with Crippen LogP contribution in [0.2, 0.25) is 0 Å². The molecule has 0 saturated carbocycles. The van der Waals surface area contributed by atoms with E-state index in [-0.39, 0.29) is 6.09 Å². The highest BCUT2D eigenvalue weighted by Crippen LogP contribution is 2.06. The number of aliphatic imine (C=N–C) groups is 1. The summed E-state index contributed by atoms with van der Waals surface area (Å²) in [7, 11) is 0. The van der Waals surface area contributed by atoms with Gasteiger partial charge in [-0.3, -0.25) is 4.98 Å². The van der Waals surface area contributed by atoms with Crippen LogP contribution in [0.3, 0.4) is 0 Å². The van der Waals surface area contributed by atoms with Crippen molar-refractivity contribution in [1.29, 1.82) is 0 Å². The van der Waals surface area contributed by atoms with Crippen molar-refractivity contribution in [2.24, 2.45) is 4.99 Å². The molecule has 1 aromatic rings. The molecule has 24 heavy (non-hydrogen) atoms. The lowest BCUT2D eigenvalue weighted by molar-refractivity contribution is 0.0914. The van der Waals surface area contributed by atoms with Crippen molar-refractivity contribution in [3.05, 3.63) is 29.6 Å². The van der Waals surface area contributed by atoms with Crippen molar-refractivity contribution >= 4 is 12.1 Å². The van der Waals surface area contributed by atoms with Crippen molar-refractivity contribution in [2.75, 3.05) is 39.3 Å². The van der Waals surface area contributed by atoms with Crippen LogP contribution in [0.1, 0.15) is 25.2 Å². The average molecular weight is 333 g/mol.